The normalized spacial score (nSPS) is 28.7. The van der Waals surface area contributed by atoms with Gasteiger partial charge in [0.15, 0.2) is 17.9 Å². The molecule has 11 nitrogen and oxygen atoms in total. The molecule has 0 spiro atoms. The van der Waals surface area contributed by atoms with Gasteiger partial charge in [0.05, 0.1) is 12.8 Å². The minimum Gasteiger partial charge on any atom is -0.480 e. The van der Waals surface area contributed by atoms with Gasteiger partial charge in [0.25, 0.3) is 0 Å². The Balaban J connectivity index is 1.57. The maximum Gasteiger partial charge on any atom is 0.320 e. The molecule has 0 aromatic carbocycles. The summed E-state index contributed by atoms with van der Waals surface area (Å²) in [7, 11) is 0. The van der Waals surface area contributed by atoms with Gasteiger partial charge in [-0.3, -0.25) is 4.79 Å². The number of anilines is 3. The third kappa shape index (κ3) is 3.64. The van der Waals surface area contributed by atoms with Gasteiger partial charge in [0.2, 0.25) is 0 Å². The zero-order chi connectivity index (χ0) is 18.8. The summed E-state index contributed by atoms with van der Waals surface area (Å²) in [4.78, 5) is 20.5. The number of aromatic nitrogens is 2. The number of aliphatic hydroxyl groups is 2. The first-order valence-corrected chi connectivity index (χ1v) is 9.24. The molecule has 144 valence electrons. The smallest absolute Gasteiger partial charge is 0.320 e. The van der Waals surface area contributed by atoms with Crippen LogP contribution in [0, 0.1) is 0 Å². The van der Waals surface area contributed by atoms with Crippen molar-refractivity contribution in [1.82, 2.24) is 9.97 Å². The van der Waals surface area contributed by atoms with Crippen molar-refractivity contribution in [3.8, 4) is 0 Å². The number of hydrogen-bond donors (Lipinski definition) is 6. The van der Waals surface area contributed by atoms with E-state index in [0.29, 0.717) is 41.9 Å². The van der Waals surface area contributed by atoms with Crippen molar-refractivity contribution in [2.45, 2.75) is 37.0 Å². The third-order valence-corrected chi connectivity index (χ3v) is 5.46. The van der Waals surface area contributed by atoms with Crippen LogP contribution in [0.2, 0.25) is 0 Å². The van der Waals surface area contributed by atoms with Crippen LogP contribution in [0.4, 0.5) is 17.3 Å². The highest BCUT2D eigenvalue weighted by Gasteiger charge is 2.47. The molecule has 0 bridgehead atoms. The molecule has 0 aliphatic carbocycles. The van der Waals surface area contributed by atoms with Crippen LogP contribution in [0.15, 0.2) is 6.33 Å². The number of aliphatic carboxylic acids is 1. The fourth-order valence-electron chi connectivity index (χ4n) is 2.88. The molecule has 5 atom stereocenters. The second-order valence-electron chi connectivity index (χ2n) is 6.12. The maximum absolute atomic E-state index is 10.7. The van der Waals surface area contributed by atoms with E-state index in [9.17, 15) is 15.0 Å². The number of ether oxygens (including phenoxy) is 1. The second kappa shape index (κ2) is 7.80. The number of carboxylic acid groups (broad SMARTS) is 1. The van der Waals surface area contributed by atoms with E-state index in [0.717, 1.165) is 0 Å². The lowest BCUT2D eigenvalue weighted by molar-refractivity contribution is -0.138. The predicted octanol–water partition coefficient (Wildman–Crippen LogP) is -1.77. The highest BCUT2D eigenvalue weighted by molar-refractivity contribution is 7.99. The highest BCUT2D eigenvalue weighted by atomic mass is 32.2. The van der Waals surface area contributed by atoms with Gasteiger partial charge in [-0.25, -0.2) is 9.97 Å². The van der Waals surface area contributed by atoms with Gasteiger partial charge in [-0.15, -0.1) is 0 Å². The fraction of sp³-hybridized carbons (Fsp3) is 0.643. The maximum atomic E-state index is 10.7. The summed E-state index contributed by atoms with van der Waals surface area (Å²) in [5.41, 5.74) is 11.8. The van der Waals surface area contributed by atoms with Crippen LogP contribution in [0.1, 0.15) is 6.42 Å². The minimum atomic E-state index is -1.12. The van der Waals surface area contributed by atoms with Gasteiger partial charge in [0.1, 0.15) is 30.3 Å². The van der Waals surface area contributed by atoms with Gasteiger partial charge in [0, 0.05) is 5.75 Å². The molecule has 0 radical (unpaired) electrons. The Hall–Kier alpha value is -1.86. The molecule has 0 amide bonds. The number of nitrogens with zero attached hydrogens (tertiary/aromatic N) is 3. The number of nitrogen functional groups attached to an aromatic ring is 1. The molecule has 0 saturated carbocycles. The van der Waals surface area contributed by atoms with E-state index < -0.39 is 36.6 Å². The van der Waals surface area contributed by atoms with Crippen LogP contribution in [0.5, 0.6) is 0 Å². The molecule has 1 saturated heterocycles. The van der Waals surface area contributed by atoms with E-state index in [2.05, 4.69) is 15.3 Å². The van der Waals surface area contributed by atoms with Crippen molar-refractivity contribution in [2.24, 2.45) is 5.73 Å². The Labute approximate surface area is 153 Å². The summed E-state index contributed by atoms with van der Waals surface area (Å²) in [6.45, 7) is 0.319. The number of hydrogen-bond acceptors (Lipinski definition) is 11. The molecule has 3 rings (SSSR count). The first-order chi connectivity index (χ1) is 12.4. The Morgan fingerprint density at radius 2 is 2.23 bits per heavy atom. The summed E-state index contributed by atoms with van der Waals surface area (Å²) >= 11 is 1.42. The van der Waals surface area contributed by atoms with Crippen LogP contribution >= 0.6 is 11.8 Å². The van der Waals surface area contributed by atoms with Crippen LogP contribution in [-0.2, 0) is 9.53 Å². The Bertz CT molecular complexity index is 667. The van der Waals surface area contributed by atoms with Crippen LogP contribution in [0.25, 0.3) is 0 Å². The van der Waals surface area contributed by atoms with Crippen molar-refractivity contribution < 1.29 is 24.9 Å². The zero-order valence-electron chi connectivity index (χ0n) is 13.9. The summed E-state index contributed by atoms with van der Waals surface area (Å²) in [6, 6.07) is -0.910. The quantitative estimate of drug-likeness (QED) is 0.291. The lowest BCUT2D eigenvalue weighted by atomic mass is 10.1. The van der Waals surface area contributed by atoms with Gasteiger partial charge in [-0.1, -0.05) is 0 Å². The topological polar surface area (TPSA) is 180 Å². The molecular weight excluding hydrogens is 364 g/mol. The first kappa shape index (κ1) is 18.9. The average molecular weight is 386 g/mol. The first-order valence-electron chi connectivity index (χ1n) is 8.09. The lowest BCUT2D eigenvalue weighted by Gasteiger charge is -2.26. The largest absolute Gasteiger partial charge is 0.480 e. The summed E-state index contributed by atoms with van der Waals surface area (Å²) in [6.07, 6.45) is -1.92. The number of fused-ring (bicyclic) bond motifs is 1. The van der Waals surface area contributed by atoms with E-state index >= 15 is 0 Å². The molecule has 2 aliphatic rings. The monoisotopic (exact) mass is 386 g/mol. The van der Waals surface area contributed by atoms with Crippen molar-refractivity contribution in [3.63, 3.8) is 0 Å². The van der Waals surface area contributed by atoms with Crippen molar-refractivity contribution in [3.05, 3.63) is 6.33 Å². The number of carboxylic acids is 1. The standard InChI is InChI=1S/C14H22N6O5S/c15-6(14(23)24)1-2-26-3-7-9(21)10(22)13(25-7)20-5-19-8-11(16)17-4-18-12(8)20/h4,6-7,9-10,13,19,21-22H,1-3,5,15H2,(H,23,24)(H2,16,17,18). The van der Waals surface area contributed by atoms with Gasteiger partial charge in [-0.05, 0) is 12.2 Å². The molecule has 8 N–H and O–H groups in total. The molecule has 1 aromatic rings. The molecule has 1 fully saturated rings. The molecule has 26 heavy (non-hydrogen) atoms. The fourth-order valence-corrected chi connectivity index (χ4v) is 3.98. The molecule has 5 unspecified atom stereocenters. The van der Waals surface area contributed by atoms with Crippen molar-refractivity contribution in [2.75, 3.05) is 34.1 Å². The van der Waals surface area contributed by atoms with Gasteiger partial charge >= 0.3 is 5.97 Å². The SMILES string of the molecule is Nc1ncnc2c1NCN2C1OC(CSCCC(N)C(=O)O)C(O)C1O. The summed E-state index contributed by atoms with van der Waals surface area (Å²) < 4.78 is 5.84. The number of thioether (sulfide) groups is 1. The third-order valence-electron chi connectivity index (χ3n) is 4.37. The number of carbonyl (C=O) groups is 1. The van der Waals surface area contributed by atoms with Gasteiger partial charge in [-0.2, -0.15) is 11.8 Å². The molecule has 3 heterocycles. The van der Waals surface area contributed by atoms with Crippen LogP contribution < -0.4 is 21.7 Å². The molecule has 12 heteroatoms. The molecule has 1 aromatic heterocycles. The summed E-state index contributed by atoms with van der Waals surface area (Å²) in [5, 5.41) is 32.5. The van der Waals surface area contributed by atoms with Crippen LogP contribution in [-0.4, -0.2) is 80.0 Å². The predicted molar refractivity (Wildman–Crippen MR) is 95.6 cm³/mol. The number of nitrogens with two attached hydrogens (primary N) is 2. The Morgan fingerprint density at radius 3 is 2.96 bits per heavy atom. The number of rotatable bonds is 7. The lowest BCUT2D eigenvalue weighted by Crippen LogP contribution is -2.44. The van der Waals surface area contributed by atoms with E-state index in [4.69, 9.17) is 21.3 Å². The molecular formula is C14H22N6O5S. The van der Waals surface area contributed by atoms with E-state index in [-0.39, 0.29) is 0 Å². The van der Waals surface area contributed by atoms with E-state index in [1.807, 2.05) is 0 Å². The van der Waals surface area contributed by atoms with Gasteiger partial charge < -0.3 is 41.7 Å². The summed E-state index contributed by atoms with van der Waals surface area (Å²) in [5.74, 6) is 0.682. The van der Waals surface area contributed by atoms with Crippen LogP contribution in [0.3, 0.4) is 0 Å². The highest BCUT2D eigenvalue weighted by Crippen LogP contribution is 2.37. The number of aliphatic hydroxyl groups excluding tert-OH is 2. The number of nitrogens with one attached hydrogen (secondary N) is 1. The van der Waals surface area contributed by atoms with E-state index in [1.165, 1.54) is 18.1 Å². The average Bonchev–Trinajstić information content (AvgIpc) is 3.15. The second-order valence-corrected chi connectivity index (χ2v) is 7.27. The van der Waals surface area contributed by atoms with Crippen molar-refractivity contribution in [1.29, 1.82) is 0 Å². The Kier molecular flexibility index (Phi) is 5.67. The van der Waals surface area contributed by atoms with Crippen molar-refractivity contribution >= 4 is 35.1 Å². The van der Waals surface area contributed by atoms with E-state index in [1.54, 1.807) is 4.90 Å². The Morgan fingerprint density at radius 1 is 1.46 bits per heavy atom. The zero-order valence-corrected chi connectivity index (χ0v) is 14.7. The molecule has 2 aliphatic heterocycles. The minimum absolute atomic E-state index is 0.299.